The van der Waals surface area contributed by atoms with E-state index in [0.717, 1.165) is 11.8 Å². The Morgan fingerprint density at radius 2 is 1.92 bits per heavy atom. The van der Waals surface area contributed by atoms with Crippen LogP contribution < -0.4 is 0 Å². The lowest BCUT2D eigenvalue weighted by Gasteiger charge is -2.46. The van der Waals surface area contributed by atoms with Crippen molar-refractivity contribution in [1.29, 1.82) is 0 Å². The molecule has 1 aromatic carbocycles. The fourth-order valence-corrected chi connectivity index (χ4v) is 6.75. The largest absolute Gasteiger partial charge is 0.508 e. The summed E-state index contributed by atoms with van der Waals surface area (Å²) in [6.07, 6.45) is 8.04. The van der Waals surface area contributed by atoms with Crippen LogP contribution in [-0.4, -0.2) is 30.1 Å². The van der Waals surface area contributed by atoms with Crippen LogP contribution >= 0.6 is 0 Å². The molecule has 3 aliphatic rings. The number of rotatable bonds is 4. The van der Waals surface area contributed by atoms with Crippen molar-refractivity contribution in [3.05, 3.63) is 29.3 Å². The van der Waals surface area contributed by atoms with Gasteiger partial charge in [-0.2, -0.15) is 0 Å². The summed E-state index contributed by atoms with van der Waals surface area (Å²) in [5.41, 5.74) is 3.48. The van der Waals surface area contributed by atoms with Gasteiger partial charge in [-0.1, -0.05) is 33.3 Å². The Hall–Kier alpha value is -1.02. The van der Waals surface area contributed by atoms with E-state index in [1.54, 1.807) is 0 Å². The first-order valence-corrected chi connectivity index (χ1v) is 10.3. The zero-order chi connectivity index (χ0) is 17.8. The van der Waals surface area contributed by atoms with Crippen molar-refractivity contribution in [3.8, 4) is 5.75 Å². The summed E-state index contributed by atoms with van der Waals surface area (Å²) < 4.78 is 0. The summed E-state index contributed by atoms with van der Waals surface area (Å²) in [5, 5.41) is 10.2. The van der Waals surface area contributed by atoms with Crippen molar-refractivity contribution in [2.75, 3.05) is 20.1 Å². The Balaban J connectivity index is 1.66. The summed E-state index contributed by atoms with van der Waals surface area (Å²) in [5.74, 6) is 2.82. The van der Waals surface area contributed by atoms with E-state index in [0.29, 0.717) is 17.1 Å². The van der Waals surface area contributed by atoms with Crippen LogP contribution in [-0.2, 0) is 11.8 Å². The number of phenolic OH excluding ortho intramolecular Hbond substituents is 1. The van der Waals surface area contributed by atoms with Gasteiger partial charge in [0.25, 0.3) is 0 Å². The molecule has 1 N–H and O–H groups in total. The van der Waals surface area contributed by atoms with Gasteiger partial charge in [0.15, 0.2) is 0 Å². The molecule has 0 aromatic heterocycles. The number of hydrogen-bond donors (Lipinski definition) is 1. The lowest BCUT2D eigenvalue weighted by atomic mass is 9.60. The Kier molecular flexibility index (Phi) is 4.18. The van der Waals surface area contributed by atoms with Gasteiger partial charge < -0.3 is 10.0 Å². The second-order valence-electron chi connectivity index (χ2n) is 10.1. The molecule has 3 atom stereocenters. The standard InChI is InChI=1S/C23H35NO/c1-16-12-22(2,3)23(13-16)19(15-24(4)14-17-6-5-7-17)10-18-8-9-20(25)11-21(18)23/h8-9,11,16-17,19,25H,5-7,10,12-15H2,1-4H3/t16-,19?,23?/m0/s1. The zero-order valence-corrected chi connectivity index (χ0v) is 16.5. The zero-order valence-electron chi connectivity index (χ0n) is 16.5. The fourth-order valence-electron chi connectivity index (χ4n) is 6.75. The topological polar surface area (TPSA) is 23.5 Å². The Morgan fingerprint density at radius 1 is 1.16 bits per heavy atom. The second-order valence-corrected chi connectivity index (χ2v) is 10.1. The third-order valence-corrected chi connectivity index (χ3v) is 7.80. The van der Waals surface area contributed by atoms with Crippen LogP contribution in [0.25, 0.3) is 0 Å². The van der Waals surface area contributed by atoms with Gasteiger partial charge >= 0.3 is 0 Å². The highest BCUT2D eigenvalue weighted by Crippen LogP contribution is 2.64. The smallest absolute Gasteiger partial charge is 0.115 e. The molecule has 2 unspecified atom stereocenters. The van der Waals surface area contributed by atoms with Crippen LogP contribution in [0, 0.1) is 23.2 Å². The summed E-state index contributed by atoms with van der Waals surface area (Å²) in [6.45, 7) is 9.85. The molecular weight excluding hydrogens is 306 g/mol. The molecule has 0 amide bonds. The maximum atomic E-state index is 10.2. The monoisotopic (exact) mass is 341 g/mol. The first kappa shape index (κ1) is 17.4. The van der Waals surface area contributed by atoms with Crippen LogP contribution in [0.1, 0.15) is 64.0 Å². The van der Waals surface area contributed by atoms with Gasteiger partial charge in [-0.05, 0) is 85.6 Å². The minimum Gasteiger partial charge on any atom is -0.508 e. The van der Waals surface area contributed by atoms with Crippen LogP contribution in [0.5, 0.6) is 5.75 Å². The molecule has 2 nitrogen and oxygen atoms in total. The van der Waals surface area contributed by atoms with Gasteiger partial charge in [-0.15, -0.1) is 0 Å². The Bertz CT molecular complexity index is 647. The van der Waals surface area contributed by atoms with Gasteiger partial charge in [0.2, 0.25) is 0 Å². The highest BCUT2D eigenvalue weighted by atomic mass is 16.3. The number of nitrogens with zero attached hydrogens (tertiary/aromatic N) is 1. The summed E-state index contributed by atoms with van der Waals surface area (Å²) in [7, 11) is 2.33. The average Bonchev–Trinajstić information content (AvgIpc) is 2.90. The van der Waals surface area contributed by atoms with E-state index in [1.807, 2.05) is 6.07 Å². The van der Waals surface area contributed by atoms with E-state index in [-0.39, 0.29) is 5.41 Å². The third kappa shape index (κ3) is 2.72. The Morgan fingerprint density at radius 3 is 2.52 bits per heavy atom. The van der Waals surface area contributed by atoms with Crippen molar-refractivity contribution in [1.82, 2.24) is 4.90 Å². The number of hydrogen-bond acceptors (Lipinski definition) is 2. The number of aromatic hydroxyl groups is 1. The lowest BCUT2D eigenvalue weighted by molar-refractivity contribution is 0.0961. The highest BCUT2D eigenvalue weighted by Gasteiger charge is 2.59. The van der Waals surface area contributed by atoms with E-state index in [2.05, 4.69) is 44.9 Å². The number of fused-ring (bicyclic) bond motifs is 2. The Labute approximate surface area is 153 Å². The van der Waals surface area contributed by atoms with Gasteiger partial charge in [0, 0.05) is 18.5 Å². The molecule has 0 bridgehead atoms. The molecule has 0 heterocycles. The fraction of sp³-hybridized carbons (Fsp3) is 0.739. The van der Waals surface area contributed by atoms with E-state index in [9.17, 15) is 5.11 Å². The molecule has 3 aliphatic carbocycles. The first-order chi connectivity index (χ1) is 11.8. The van der Waals surface area contributed by atoms with Gasteiger partial charge in [-0.25, -0.2) is 0 Å². The molecule has 0 aliphatic heterocycles. The molecule has 0 radical (unpaired) electrons. The molecule has 2 heteroatoms. The number of benzene rings is 1. The van der Waals surface area contributed by atoms with E-state index in [4.69, 9.17) is 0 Å². The molecule has 1 spiro atoms. The molecule has 4 rings (SSSR count). The normalized spacial score (nSPS) is 33.8. The molecule has 2 saturated carbocycles. The predicted molar refractivity (Wildman–Crippen MR) is 104 cm³/mol. The van der Waals surface area contributed by atoms with E-state index in [1.165, 1.54) is 62.7 Å². The van der Waals surface area contributed by atoms with Crippen LogP contribution in [0.4, 0.5) is 0 Å². The molecule has 0 saturated heterocycles. The minimum absolute atomic E-state index is 0.231. The lowest BCUT2D eigenvalue weighted by Crippen LogP contribution is -2.46. The van der Waals surface area contributed by atoms with Gasteiger partial charge in [0.1, 0.15) is 5.75 Å². The SMILES string of the molecule is C[C@H]1CC(C)(C)C2(C1)c1cc(O)ccc1CC2CN(C)CC1CCC1. The molecule has 25 heavy (non-hydrogen) atoms. The summed E-state index contributed by atoms with van der Waals surface area (Å²) >= 11 is 0. The summed E-state index contributed by atoms with van der Waals surface area (Å²) in [4.78, 5) is 2.61. The number of phenols is 1. The molecule has 1 aromatic rings. The average molecular weight is 342 g/mol. The first-order valence-electron chi connectivity index (χ1n) is 10.3. The maximum Gasteiger partial charge on any atom is 0.115 e. The van der Waals surface area contributed by atoms with Crippen molar-refractivity contribution in [2.24, 2.45) is 23.2 Å². The highest BCUT2D eigenvalue weighted by molar-refractivity contribution is 5.48. The molecular formula is C23H35NO. The van der Waals surface area contributed by atoms with Gasteiger partial charge in [-0.3, -0.25) is 0 Å². The van der Waals surface area contributed by atoms with E-state index >= 15 is 0 Å². The van der Waals surface area contributed by atoms with Crippen LogP contribution in [0.3, 0.4) is 0 Å². The summed E-state index contributed by atoms with van der Waals surface area (Å²) in [6, 6.07) is 6.18. The minimum atomic E-state index is 0.231. The predicted octanol–water partition coefficient (Wildman–Crippen LogP) is 4.99. The molecule has 2 fully saturated rings. The van der Waals surface area contributed by atoms with Crippen LogP contribution in [0.15, 0.2) is 18.2 Å². The quantitative estimate of drug-likeness (QED) is 0.834. The van der Waals surface area contributed by atoms with Crippen molar-refractivity contribution < 1.29 is 5.11 Å². The van der Waals surface area contributed by atoms with Crippen LogP contribution in [0.2, 0.25) is 0 Å². The molecule has 138 valence electrons. The van der Waals surface area contributed by atoms with Crippen molar-refractivity contribution >= 4 is 0 Å². The second kappa shape index (κ2) is 6.01. The van der Waals surface area contributed by atoms with Crippen molar-refractivity contribution in [3.63, 3.8) is 0 Å². The van der Waals surface area contributed by atoms with Gasteiger partial charge in [0.05, 0.1) is 0 Å². The van der Waals surface area contributed by atoms with Crippen molar-refractivity contribution in [2.45, 2.75) is 64.7 Å². The maximum absolute atomic E-state index is 10.2. The third-order valence-electron chi connectivity index (χ3n) is 7.80. The van der Waals surface area contributed by atoms with E-state index < -0.39 is 0 Å².